The van der Waals surface area contributed by atoms with Gasteiger partial charge in [0.25, 0.3) is 0 Å². The maximum absolute atomic E-state index is 9.27. The zero-order valence-corrected chi connectivity index (χ0v) is 9.42. The molecule has 2 rings (SSSR count). The standard InChI is InChI=1S/C13H18O2/c1-10-3-4-11(7-12(10)15-2)8-13(9-14)5-6-13/h3-4,7,14H,5-6,8-9H2,1-2H3. The molecule has 0 aliphatic heterocycles. The van der Waals surface area contributed by atoms with Gasteiger partial charge in [-0.2, -0.15) is 0 Å². The van der Waals surface area contributed by atoms with Crippen molar-refractivity contribution in [3.05, 3.63) is 29.3 Å². The van der Waals surface area contributed by atoms with Gasteiger partial charge in [-0.1, -0.05) is 12.1 Å². The van der Waals surface area contributed by atoms with E-state index in [2.05, 4.69) is 18.2 Å². The lowest BCUT2D eigenvalue weighted by atomic mass is 9.96. The second-order valence-electron chi connectivity index (χ2n) is 4.64. The quantitative estimate of drug-likeness (QED) is 0.819. The largest absolute Gasteiger partial charge is 0.496 e. The van der Waals surface area contributed by atoms with Crippen LogP contribution in [0.25, 0.3) is 0 Å². The number of ether oxygens (including phenoxy) is 1. The van der Waals surface area contributed by atoms with E-state index >= 15 is 0 Å². The molecule has 0 radical (unpaired) electrons. The first-order valence-electron chi connectivity index (χ1n) is 5.43. The van der Waals surface area contributed by atoms with E-state index in [9.17, 15) is 5.11 Å². The summed E-state index contributed by atoms with van der Waals surface area (Å²) >= 11 is 0. The van der Waals surface area contributed by atoms with Crippen LogP contribution in [0, 0.1) is 12.3 Å². The maximum atomic E-state index is 9.27. The molecule has 1 fully saturated rings. The molecular formula is C13H18O2. The van der Waals surface area contributed by atoms with Crippen molar-refractivity contribution in [3.8, 4) is 5.75 Å². The molecule has 1 N–H and O–H groups in total. The first-order chi connectivity index (χ1) is 7.19. The van der Waals surface area contributed by atoms with Crippen LogP contribution in [0.1, 0.15) is 24.0 Å². The van der Waals surface area contributed by atoms with Crippen LogP contribution in [0.15, 0.2) is 18.2 Å². The van der Waals surface area contributed by atoms with Gasteiger partial charge < -0.3 is 9.84 Å². The number of benzene rings is 1. The van der Waals surface area contributed by atoms with Gasteiger partial charge in [-0.05, 0) is 48.8 Å². The Morgan fingerprint density at radius 3 is 2.67 bits per heavy atom. The highest BCUT2D eigenvalue weighted by Crippen LogP contribution is 2.48. The van der Waals surface area contributed by atoms with E-state index in [0.717, 1.165) is 30.6 Å². The van der Waals surface area contributed by atoms with Crippen LogP contribution in [0.3, 0.4) is 0 Å². The summed E-state index contributed by atoms with van der Waals surface area (Å²) in [6.45, 7) is 2.35. The Kier molecular flexibility index (Phi) is 2.70. The van der Waals surface area contributed by atoms with Crippen molar-refractivity contribution in [2.75, 3.05) is 13.7 Å². The number of aliphatic hydroxyl groups excluding tert-OH is 1. The predicted octanol–water partition coefficient (Wildman–Crippen LogP) is 2.32. The summed E-state index contributed by atoms with van der Waals surface area (Å²) in [6.07, 6.45) is 3.28. The van der Waals surface area contributed by atoms with Gasteiger partial charge in [-0.25, -0.2) is 0 Å². The first kappa shape index (κ1) is 10.5. The fraction of sp³-hybridized carbons (Fsp3) is 0.538. The molecule has 0 unspecified atom stereocenters. The van der Waals surface area contributed by atoms with E-state index in [-0.39, 0.29) is 5.41 Å². The minimum absolute atomic E-state index is 0.181. The van der Waals surface area contributed by atoms with Gasteiger partial charge in [0.1, 0.15) is 5.75 Å². The lowest BCUT2D eigenvalue weighted by Gasteiger charge is -2.13. The molecular weight excluding hydrogens is 188 g/mol. The van der Waals surface area contributed by atoms with Crippen molar-refractivity contribution in [2.24, 2.45) is 5.41 Å². The predicted molar refractivity (Wildman–Crippen MR) is 60.2 cm³/mol. The molecule has 0 spiro atoms. The van der Waals surface area contributed by atoms with E-state index in [0.29, 0.717) is 6.61 Å². The van der Waals surface area contributed by atoms with Crippen molar-refractivity contribution in [1.29, 1.82) is 0 Å². The second kappa shape index (κ2) is 3.86. The normalized spacial score (nSPS) is 17.5. The number of aliphatic hydroxyl groups is 1. The molecule has 82 valence electrons. The van der Waals surface area contributed by atoms with Gasteiger partial charge in [0.2, 0.25) is 0 Å². The number of hydrogen-bond donors (Lipinski definition) is 1. The summed E-state index contributed by atoms with van der Waals surface area (Å²) in [5, 5.41) is 9.27. The molecule has 1 aromatic carbocycles. The van der Waals surface area contributed by atoms with Crippen LogP contribution in [0.4, 0.5) is 0 Å². The Labute approximate surface area is 90.9 Å². The monoisotopic (exact) mass is 206 g/mol. The summed E-state index contributed by atoms with van der Waals surface area (Å²) in [6, 6.07) is 6.31. The van der Waals surface area contributed by atoms with Crippen molar-refractivity contribution in [2.45, 2.75) is 26.2 Å². The van der Waals surface area contributed by atoms with Crippen molar-refractivity contribution in [1.82, 2.24) is 0 Å². The Balaban J connectivity index is 2.15. The van der Waals surface area contributed by atoms with Crippen LogP contribution < -0.4 is 4.74 Å². The number of methoxy groups -OCH3 is 1. The van der Waals surface area contributed by atoms with Crippen molar-refractivity contribution in [3.63, 3.8) is 0 Å². The third-order valence-electron chi connectivity index (χ3n) is 3.34. The topological polar surface area (TPSA) is 29.5 Å². The smallest absolute Gasteiger partial charge is 0.122 e. The molecule has 2 heteroatoms. The third kappa shape index (κ3) is 2.15. The Hall–Kier alpha value is -1.02. The second-order valence-corrected chi connectivity index (χ2v) is 4.64. The van der Waals surface area contributed by atoms with Crippen LogP contribution in [-0.4, -0.2) is 18.8 Å². The summed E-state index contributed by atoms with van der Waals surface area (Å²) < 4.78 is 5.29. The molecule has 0 heterocycles. The molecule has 1 saturated carbocycles. The Morgan fingerprint density at radius 1 is 1.40 bits per heavy atom. The van der Waals surface area contributed by atoms with Crippen molar-refractivity contribution >= 4 is 0 Å². The summed E-state index contributed by atoms with van der Waals surface area (Å²) in [5.41, 5.74) is 2.61. The molecule has 1 aliphatic carbocycles. The lowest BCUT2D eigenvalue weighted by Crippen LogP contribution is -2.10. The molecule has 0 bridgehead atoms. The molecule has 0 amide bonds. The van der Waals surface area contributed by atoms with Gasteiger partial charge in [-0.3, -0.25) is 0 Å². The van der Waals surface area contributed by atoms with E-state index in [1.807, 2.05) is 6.92 Å². The molecule has 0 atom stereocenters. The van der Waals surface area contributed by atoms with Gasteiger partial charge in [-0.15, -0.1) is 0 Å². The summed E-state index contributed by atoms with van der Waals surface area (Å²) in [7, 11) is 1.70. The number of hydrogen-bond acceptors (Lipinski definition) is 2. The van der Waals surface area contributed by atoms with E-state index in [1.165, 1.54) is 5.56 Å². The number of aryl methyl sites for hydroxylation is 1. The zero-order chi connectivity index (χ0) is 10.9. The lowest BCUT2D eigenvalue weighted by molar-refractivity contribution is 0.211. The minimum Gasteiger partial charge on any atom is -0.496 e. The fourth-order valence-electron chi connectivity index (χ4n) is 1.97. The Bertz CT molecular complexity index is 354. The van der Waals surface area contributed by atoms with Gasteiger partial charge in [0.05, 0.1) is 7.11 Å². The molecule has 1 aliphatic rings. The van der Waals surface area contributed by atoms with E-state index < -0.39 is 0 Å². The van der Waals surface area contributed by atoms with Crippen LogP contribution in [-0.2, 0) is 6.42 Å². The van der Waals surface area contributed by atoms with Gasteiger partial charge >= 0.3 is 0 Å². The zero-order valence-electron chi connectivity index (χ0n) is 9.42. The SMILES string of the molecule is COc1cc(CC2(CO)CC2)ccc1C. The molecule has 0 aromatic heterocycles. The third-order valence-corrected chi connectivity index (χ3v) is 3.34. The summed E-state index contributed by atoms with van der Waals surface area (Å²) in [4.78, 5) is 0. The van der Waals surface area contributed by atoms with Gasteiger partial charge in [0.15, 0.2) is 0 Å². The van der Waals surface area contributed by atoms with Gasteiger partial charge in [0, 0.05) is 6.61 Å². The van der Waals surface area contributed by atoms with E-state index in [1.54, 1.807) is 7.11 Å². The van der Waals surface area contributed by atoms with Crippen LogP contribution in [0.2, 0.25) is 0 Å². The minimum atomic E-state index is 0.181. The fourth-order valence-corrected chi connectivity index (χ4v) is 1.97. The average Bonchev–Trinajstić information content (AvgIpc) is 3.02. The molecule has 0 saturated heterocycles. The molecule has 1 aromatic rings. The highest BCUT2D eigenvalue weighted by Gasteiger charge is 2.41. The maximum Gasteiger partial charge on any atom is 0.122 e. The van der Waals surface area contributed by atoms with E-state index in [4.69, 9.17) is 4.74 Å². The number of rotatable bonds is 4. The highest BCUT2D eigenvalue weighted by atomic mass is 16.5. The highest BCUT2D eigenvalue weighted by molar-refractivity contribution is 5.37. The molecule has 2 nitrogen and oxygen atoms in total. The summed E-state index contributed by atoms with van der Waals surface area (Å²) in [5.74, 6) is 0.946. The van der Waals surface area contributed by atoms with Crippen LogP contribution >= 0.6 is 0 Å². The molecule has 15 heavy (non-hydrogen) atoms. The van der Waals surface area contributed by atoms with Crippen molar-refractivity contribution < 1.29 is 9.84 Å². The first-order valence-corrected chi connectivity index (χ1v) is 5.43. The van der Waals surface area contributed by atoms with Crippen LogP contribution in [0.5, 0.6) is 5.75 Å². The average molecular weight is 206 g/mol. The Morgan fingerprint density at radius 2 is 2.13 bits per heavy atom.